The molecule has 1 fully saturated rings. The summed E-state index contributed by atoms with van der Waals surface area (Å²) in [6, 6.07) is 11.4. The van der Waals surface area contributed by atoms with Gasteiger partial charge in [0.2, 0.25) is 10.0 Å². The Bertz CT molecular complexity index is 744. The van der Waals surface area contributed by atoms with E-state index in [4.69, 9.17) is 0 Å². The van der Waals surface area contributed by atoms with Gasteiger partial charge >= 0.3 is 0 Å². The molecule has 4 nitrogen and oxygen atoms in total. The van der Waals surface area contributed by atoms with Gasteiger partial charge in [0, 0.05) is 18.9 Å². The second kappa shape index (κ2) is 6.18. The van der Waals surface area contributed by atoms with Crippen LogP contribution in [0, 0.1) is 6.92 Å². The Kier molecular flexibility index (Phi) is 4.27. The summed E-state index contributed by atoms with van der Waals surface area (Å²) in [5.41, 5.74) is 2.87. The molecule has 1 atom stereocenters. The predicted octanol–water partition coefficient (Wildman–Crippen LogP) is 3.06. The lowest BCUT2D eigenvalue weighted by molar-refractivity contribution is 0.395. The normalized spacial score (nSPS) is 19.4. The molecule has 0 spiro atoms. The smallest absolute Gasteiger partial charge is 0.218 e. The fraction of sp³-hybridized carbons (Fsp3) is 0.353. The highest BCUT2D eigenvalue weighted by Crippen LogP contribution is 2.34. The van der Waals surface area contributed by atoms with E-state index in [-0.39, 0.29) is 11.8 Å². The summed E-state index contributed by atoms with van der Waals surface area (Å²) in [7, 11) is -3.33. The van der Waals surface area contributed by atoms with Gasteiger partial charge in [0.05, 0.1) is 11.8 Å². The Morgan fingerprint density at radius 3 is 2.77 bits per heavy atom. The summed E-state index contributed by atoms with van der Waals surface area (Å²) in [4.78, 5) is 4.12. The fourth-order valence-electron chi connectivity index (χ4n) is 3.03. The molecule has 3 rings (SSSR count). The highest BCUT2D eigenvalue weighted by atomic mass is 32.2. The molecule has 1 saturated heterocycles. The fourth-order valence-corrected chi connectivity index (χ4v) is 4.94. The molecular weight excluding hydrogens is 296 g/mol. The van der Waals surface area contributed by atoms with Crippen LogP contribution in [0.15, 0.2) is 48.8 Å². The molecule has 0 bridgehead atoms. The molecule has 22 heavy (non-hydrogen) atoms. The molecule has 0 N–H and O–H groups in total. The minimum absolute atomic E-state index is 0.0659. The molecule has 5 heteroatoms. The van der Waals surface area contributed by atoms with Gasteiger partial charge in [-0.25, -0.2) is 8.42 Å². The number of aryl methyl sites for hydroxylation is 1. The Labute approximate surface area is 131 Å². The third kappa shape index (κ3) is 3.05. The number of nitrogens with zero attached hydrogens (tertiary/aromatic N) is 2. The molecule has 0 radical (unpaired) electrons. The standard InChI is InChI=1S/C17H20N2O2S/c1-14-6-2-3-7-16(14)13-22(20,21)19-11-5-9-17(19)15-8-4-10-18-12-15/h2-4,6-8,10,12,17H,5,9,11,13H2,1H3. The van der Waals surface area contributed by atoms with Gasteiger partial charge in [-0.15, -0.1) is 0 Å². The molecule has 1 aromatic heterocycles. The van der Waals surface area contributed by atoms with Crippen LogP contribution in [0.4, 0.5) is 0 Å². The van der Waals surface area contributed by atoms with E-state index in [9.17, 15) is 8.42 Å². The quantitative estimate of drug-likeness (QED) is 0.871. The molecule has 1 aliphatic rings. The maximum atomic E-state index is 12.8. The number of pyridine rings is 1. The minimum atomic E-state index is -3.33. The highest BCUT2D eigenvalue weighted by molar-refractivity contribution is 7.88. The van der Waals surface area contributed by atoms with Crippen LogP contribution in [0.5, 0.6) is 0 Å². The van der Waals surface area contributed by atoms with Gasteiger partial charge in [0.25, 0.3) is 0 Å². The van der Waals surface area contributed by atoms with E-state index in [1.165, 1.54) is 0 Å². The van der Waals surface area contributed by atoms with Crippen LogP contribution in [0.2, 0.25) is 0 Å². The van der Waals surface area contributed by atoms with Gasteiger partial charge in [0.15, 0.2) is 0 Å². The molecule has 1 aromatic carbocycles. The summed E-state index contributed by atoms with van der Waals surface area (Å²) in [5.74, 6) is 0.0659. The summed E-state index contributed by atoms with van der Waals surface area (Å²) in [5, 5.41) is 0. The SMILES string of the molecule is Cc1ccccc1CS(=O)(=O)N1CCCC1c1cccnc1. The molecule has 0 saturated carbocycles. The topological polar surface area (TPSA) is 50.3 Å². The van der Waals surface area contributed by atoms with E-state index in [1.54, 1.807) is 16.7 Å². The van der Waals surface area contributed by atoms with Crippen LogP contribution in [0.1, 0.15) is 35.6 Å². The van der Waals surface area contributed by atoms with E-state index < -0.39 is 10.0 Å². The summed E-state index contributed by atoms with van der Waals surface area (Å²) in [6.07, 6.45) is 5.24. The number of hydrogen-bond acceptors (Lipinski definition) is 3. The van der Waals surface area contributed by atoms with Gasteiger partial charge in [-0.05, 0) is 42.5 Å². The first-order valence-corrected chi connectivity index (χ1v) is 9.13. The molecule has 1 unspecified atom stereocenters. The monoisotopic (exact) mass is 316 g/mol. The number of benzene rings is 1. The molecule has 1 aliphatic heterocycles. The number of sulfonamides is 1. The van der Waals surface area contributed by atoms with Crippen molar-refractivity contribution < 1.29 is 8.42 Å². The van der Waals surface area contributed by atoms with Crippen molar-refractivity contribution in [3.05, 3.63) is 65.5 Å². The molecule has 116 valence electrons. The van der Waals surface area contributed by atoms with Gasteiger partial charge in [-0.1, -0.05) is 30.3 Å². The first kappa shape index (κ1) is 15.2. The average Bonchev–Trinajstić information content (AvgIpc) is 3.01. The van der Waals surface area contributed by atoms with Crippen LogP contribution >= 0.6 is 0 Å². The largest absolute Gasteiger partial charge is 0.264 e. The number of rotatable bonds is 4. The average molecular weight is 316 g/mol. The van der Waals surface area contributed by atoms with Crippen LogP contribution < -0.4 is 0 Å². The van der Waals surface area contributed by atoms with E-state index in [2.05, 4.69) is 4.98 Å². The lowest BCUT2D eigenvalue weighted by Crippen LogP contribution is -2.32. The first-order chi connectivity index (χ1) is 10.6. The summed E-state index contributed by atoms with van der Waals surface area (Å²) < 4.78 is 27.3. The Morgan fingerprint density at radius 1 is 1.23 bits per heavy atom. The molecule has 0 aliphatic carbocycles. The predicted molar refractivity (Wildman–Crippen MR) is 86.7 cm³/mol. The lowest BCUT2D eigenvalue weighted by Gasteiger charge is -2.24. The second-order valence-corrected chi connectivity index (χ2v) is 7.66. The molecule has 2 aromatic rings. The zero-order valence-electron chi connectivity index (χ0n) is 12.6. The van der Waals surface area contributed by atoms with Crippen molar-refractivity contribution in [3.8, 4) is 0 Å². The van der Waals surface area contributed by atoms with Crippen molar-refractivity contribution >= 4 is 10.0 Å². The molecular formula is C17H20N2O2S. The summed E-state index contributed by atoms with van der Waals surface area (Å²) >= 11 is 0. The zero-order chi connectivity index (χ0) is 15.6. The van der Waals surface area contributed by atoms with Crippen LogP contribution in [0.3, 0.4) is 0 Å². The number of hydrogen-bond donors (Lipinski definition) is 0. The van der Waals surface area contributed by atoms with E-state index >= 15 is 0 Å². The van der Waals surface area contributed by atoms with Gasteiger partial charge in [-0.2, -0.15) is 4.31 Å². The van der Waals surface area contributed by atoms with Crippen LogP contribution in [0.25, 0.3) is 0 Å². The minimum Gasteiger partial charge on any atom is -0.264 e. The second-order valence-electron chi connectivity index (χ2n) is 5.74. The third-order valence-corrected chi connectivity index (χ3v) is 6.06. The number of aromatic nitrogens is 1. The van der Waals surface area contributed by atoms with Crippen molar-refractivity contribution in [2.24, 2.45) is 0 Å². The van der Waals surface area contributed by atoms with Gasteiger partial charge < -0.3 is 0 Å². The lowest BCUT2D eigenvalue weighted by atomic mass is 10.1. The Morgan fingerprint density at radius 2 is 2.05 bits per heavy atom. The summed E-state index contributed by atoms with van der Waals surface area (Å²) in [6.45, 7) is 2.54. The van der Waals surface area contributed by atoms with E-state index in [0.717, 1.165) is 29.5 Å². The maximum absolute atomic E-state index is 12.8. The van der Waals surface area contributed by atoms with Crippen LogP contribution in [-0.4, -0.2) is 24.3 Å². The van der Waals surface area contributed by atoms with Crippen molar-refractivity contribution in [2.45, 2.75) is 31.6 Å². The molecule has 2 heterocycles. The van der Waals surface area contributed by atoms with E-state index in [0.29, 0.717) is 6.54 Å². The van der Waals surface area contributed by atoms with Gasteiger partial charge in [-0.3, -0.25) is 4.98 Å². The zero-order valence-corrected chi connectivity index (χ0v) is 13.5. The van der Waals surface area contributed by atoms with E-state index in [1.807, 2.05) is 43.3 Å². The van der Waals surface area contributed by atoms with Gasteiger partial charge in [0.1, 0.15) is 0 Å². The van der Waals surface area contributed by atoms with Crippen LogP contribution in [-0.2, 0) is 15.8 Å². The third-order valence-electron chi connectivity index (χ3n) is 4.23. The Balaban J connectivity index is 1.87. The van der Waals surface area contributed by atoms with Crippen molar-refractivity contribution in [1.29, 1.82) is 0 Å². The highest BCUT2D eigenvalue weighted by Gasteiger charge is 2.35. The van der Waals surface area contributed by atoms with Crippen molar-refractivity contribution in [2.75, 3.05) is 6.54 Å². The Hall–Kier alpha value is -1.72. The first-order valence-electron chi connectivity index (χ1n) is 7.52. The van der Waals surface area contributed by atoms with Crippen molar-refractivity contribution in [1.82, 2.24) is 9.29 Å². The maximum Gasteiger partial charge on any atom is 0.218 e. The van der Waals surface area contributed by atoms with Crippen molar-refractivity contribution in [3.63, 3.8) is 0 Å². The molecule has 0 amide bonds.